The van der Waals surface area contributed by atoms with Gasteiger partial charge in [0.15, 0.2) is 5.79 Å². The average Bonchev–Trinajstić information content (AvgIpc) is 3.28. The van der Waals surface area contributed by atoms with Crippen LogP contribution in [0, 0.1) is 0 Å². The molecule has 3 unspecified atom stereocenters. The number of aliphatic hydroxyl groups is 1. The summed E-state index contributed by atoms with van der Waals surface area (Å²) < 4.78 is 36.4. The molecule has 0 radical (unpaired) electrons. The fourth-order valence-electron chi connectivity index (χ4n) is 5.05. The third-order valence-electron chi connectivity index (χ3n) is 6.95. The van der Waals surface area contributed by atoms with Gasteiger partial charge in [-0.3, -0.25) is 0 Å². The average molecular weight is 549 g/mol. The van der Waals surface area contributed by atoms with Gasteiger partial charge in [0.2, 0.25) is 0 Å². The van der Waals surface area contributed by atoms with Crippen molar-refractivity contribution in [2.75, 3.05) is 6.61 Å². The van der Waals surface area contributed by atoms with Crippen molar-refractivity contribution in [2.24, 2.45) is 0 Å². The molecule has 2 heterocycles. The maximum absolute atomic E-state index is 13.2. The molecule has 0 spiro atoms. The van der Waals surface area contributed by atoms with Gasteiger partial charge in [-0.1, -0.05) is 91.0 Å². The topological polar surface area (TPSA) is 92.7 Å². The van der Waals surface area contributed by atoms with Crippen LogP contribution in [0.4, 0.5) is 0 Å². The second-order valence-corrected chi connectivity index (χ2v) is 10.6. The number of carbonyl (C=O) groups is 1. The zero-order chi connectivity index (χ0) is 28.0. The lowest BCUT2D eigenvalue weighted by Gasteiger charge is -2.43. The third-order valence-corrected chi connectivity index (χ3v) is 6.95. The number of ether oxygens (including phenoxy) is 6. The Morgan fingerprint density at radius 2 is 1.38 bits per heavy atom. The fraction of sp³-hybridized carbons (Fsp3) is 0.406. The standard InChI is InChI=1S/C32H36O8/c1-31(2)38-26-18-32(34,30(33)37-21-25-16-10-5-11-17-25)40-29(28(26)39-31)27(36-20-24-14-8-4-9-15-24)22-35-19-23-12-6-3-7-13-23/h3-17,26-29,34H,18-22H2,1-2H3/t26-,27+,28?,29?,32?/m1/s1. The first-order valence-electron chi connectivity index (χ1n) is 13.6. The summed E-state index contributed by atoms with van der Waals surface area (Å²) in [6.07, 6.45) is -2.93. The third kappa shape index (κ3) is 7.14. The molecule has 2 aliphatic rings. The minimum absolute atomic E-state index is 0.00107. The van der Waals surface area contributed by atoms with Gasteiger partial charge in [0, 0.05) is 6.42 Å². The number of hydrogen-bond donors (Lipinski definition) is 1. The van der Waals surface area contributed by atoms with Crippen LogP contribution in [0.1, 0.15) is 37.0 Å². The summed E-state index contributed by atoms with van der Waals surface area (Å²) in [5.41, 5.74) is 2.77. The van der Waals surface area contributed by atoms with Gasteiger partial charge in [0.1, 0.15) is 24.9 Å². The summed E-state index contributed by atoms with van der Waals surface area (Å²) in [7, 11) is 0. The molecular formula is C32H36O8. The van der Waals surface area contributed by atoms with Gasteiger partial charge in [-0.15, -0.1) is 0 Å². The van der Waals surface area contributed by atoms with Crippen molar-refractivity contribution in [2.45, 2.75) is 76.1 Å². The van der Waals surface area contributed by atoms with Gasteiger partial charge in [-0.25, -0.2) is 4.79 Å². The van der Waals surface area contributed by atoms with Crippen molar-refractivity contribution in [3.05, 3.63) is 108 Å². The molecule has 8 heteroatoms. The monoisotopic (exact) mass is 548 g/mol. The first-order chi connectivity index (χ1) is 19.3. The van der Waals surface area contributed by atoms with Gasteiger partial charge in [-0.05, 0) is 30.5 Å². The van der Waals surface area contributed by atoms with Crippen LogP contribution in [0.3, 0.4) is 0 Å². The molecule has 0 aromatic heterocycles. The van der Waals surface area contributed by atoms with Crippen LogP contribution in [-0.2, 0) is 53.0 Å². The maximum atomic E-state index is 13.2. The van der Waals surface area contributed by atoms with Crippen molar-refractivity contribution in [1.82, 2.24) is 0 Å². The number of carbonyl (C=O) groups excluding carboxylic acids is 1. The molecular weight excluding hydrogens is 512 g/mol. The van der Waals surface area contributed by atoms with Crippen LogP contribution in [0.2, 0.25) is 0 Å². The van der Waals surface area contributed by atoms with Gasteiger partial charge in [0.05, 0.1) is 25.9 Å². The van der Waals surface area contributed by atoms with Crippen molar-refractivity contribution < 1.29 is 38.3 Å². The zero-order valence-electron chi connectivity index (χ0n) is 22.8. The maximum Gasteiger partial charge on any atom is 0.367 e. The molecule has 3 aromatic rings. The van der Waals surface area contributed by atoms with E-state index in [4.69, 9.17) is 28.4 Å². The van der Waals surface area contributed by atoms with E-state index < -0.39 is 42.0 Å². The lowest BCUT2D eigenvalue weighted by Crippen LogP contribution is -2.61. The van der Waals surface area contributed by atoms with Gasteiger partial charge < -0.3 is 33.5 Å². The molecule has 2 aliphatic heterocycles. The van der Waals surface area contributed by atoms with E-state index in [1.807, 2.05) is 91.0 Å². The molecule has 5 rings (SSSR count). The molecule has 212 valence electrons. The van der Waals surface area contributed by atoms with Gasteiger partial charge >= 0.3 is 5.97 Å². The summed E-state index contributed by atoms with van der Waals surface area (Å²) >= 11 is 0. The second kappa shape index (κ2) is 12.6. The number of fused-ring (bicyclic) bond motifs is 1. The van der Waals surface area contributed by atoms with E-state index in [0.717, 1.165) is 16.7 Å². The fourth-order valence-corrected chi connectivity index (χ4v) is 5.05. The number of esters is 1. The quantitative estimate of drug-likeness (QED) is 0.350. The van der Waals surface area contributed by atoms with Crippen LogP contribution < -0.4 is 0 Å². The van der Waals surface area contributed by atoms with E-state index in [1.165, 1.54) is 0 Å². The number of benzene rings is 3. The molecule has 2 fully saturated rings. The van der Waals surface area contributed by atoms with Gasteiger partial charge in [0.25, 0.3) is 5.79 Å². The second-order valence-electron chi connectivity index (χ2n) is 10.6. The van der Waals surface area contributed by atoms with Crippen molar-refractivity contribution in [3.63, 3.8) is 0 Å². The molecule has 0 saturated carbocycles. The Bertz CT molecular complexity index is 1220. The SMILES string of the molecule is CC1(C)OC2C([C@H](COCc3ccccc3)OCc3ccccc3)OC(O)(C(=O)OCc3ccccc3)C[C@H]2O1. The smallest absolute Gasteiger partial charge is 0.367 e. The Kier molecular flexibility index (Phi) is 8.95. The highest BCUT2D eigenvalue weighted by Crippen LogP contribution is 2.42. The first-order valence-corrected chi connectivity index (χ1v) is 13.6. The molecule has 0 bridgehead atoms. The lowest BCUT2D eigenvalue weighted by molar-refractivity contribution is -0.303. The van der Waals surface area contributed by atoms with Crippen LogP contribution in [0.5, 0.6) is 0 Å². The number of rotatable bonds is 11. The molecule has 5 atom stereocenters. The summed E-state index contributed by atoms with van der Waals surface area (Å²) in [5, 5.41) is 11.5. The zero-order valence-corrected chi connectivity index (χ0v) is 22.8. The van der Waals surface area contributed by atoms with E-state index in [9.17, 15) is 9.90 Å². The largest absolute Gasteiger partial charge is 0.457 e. The van der Waals surface area contributed by atoms with Crippen molar-refractivity contribution in [3.8, 4) is 0 Å². The van der Waals surface area contributed by atoms with E-state index >= 15 is 0 Å². The molecule has 8 nitrogen and oxygen atoms in total. The normalized spacial score (nSPS) is 26.1. The highest BCUT2D eigenvalue weighted by Gasteiger charge is 2.59. The lowest BCUT2D eigenvalue weighted by atomic mass is 9.92. The highest BCUT2D eigenvalue weighted by atomic mass is 16.8. The Morgan fingerprint density at radius 1 is 0.825 bits per heavy atom. The molecule has 1 N–H and O–H groups in total. The molecule has 3 aromatic carbocycles. The molecule has 0 aliphatic carbocycles. The summed E-state index contributed by atoms with van der Waals surface area (Å²) in [5.74, 6) is -4.08. The van der Waals surface area contributed by atoms with E-state index in [2.05, 4.69) is 0 Å². The highest BCUT2D eigenvalue weighted by molar-refractivity contribution is 5.77. The van der Waals surface area contributed by atoms with Crippen LogP contribution >= 0.6 is 0 Å². The van der Waals surface area contributed by atoms with Gasteiger partial charge in [-0.2, -0.15) is 0 Å². The predicted octanol–water partition coefficient (Wildman–Crippen LogP) is 4.53. The van der Waals surface area contributed by atoms with Crippen LogP contribution in [0.25, 0.3) is 0 Å². The molecule has 40 heavy (non-hydrogen) atoms. The minimum atomic E-state index is -2.25. The van der Waals surface area contributed by atoms with Crippen LogP contribution in [-0.4, -0.2) is 53.7 Å². The Morgan fingerprint density at radius 3 is 1.98 bits per heavy atom. The summed E-state index contributed by atoms with van der Waals surface area (Å²) in [4.78, 5) is 13.2. The molecule has 0 amide bonds. The van der Waals surface area contributed by atoms with Crippen molar-refractivity contribution in [1.29, 1.82) is 0 Å². The summed E-state index contributed by atoms with van der Waals surface area (Å²) in [6.45, 7) is 4.36. The Labute approximate surface area is 234 Å². The van der Waals surface area contributed by atoms with E-state index in [1.54, 1.807) is 13.8 Å². The Balaban J connectivity index is 1.35. The summed E-state index contributed by atoms with van der Waals surface area (Å²) in [6, 6.07) is 28.8. The Hall–Kier alpha value is -3.11. The predicted molar refractivity (Wildman–Crippen MR) is 146 cm³/mol. The minimum Gasteiger partial charge on any atom is -0.457 e. The van der Waals surface area contributed by atoms with E-state index in [0.29, 0.717) is 6.61 Å². The number of hydrogen-bond acceptors (Lipinski definition) is 8. The van der Waals surface area contributed by atoms with Crippen LogP contribution in [0.15, 0.2) is 91.0 Å². The van der Waals surface area contributed by atoms with E-state index in [-0.39, 0.29) is 26.2 Å². The molecule has 2 saturated heterocycles. The van der Waals surface area contributed by atoms with Crippen molar-refractivity contribution >= 4 is 5.97 Å². The first kappa shape index (κ1) is 28.4.